The SMILES string of the molecule is CC/C=C\C/C=C\C/C=C\C/C=C\C/C=C\C/C=C\CCC(=O)OC[C@H](COC(=O)CCCCC/C=C\C/C=C\C/C=C\C/C=C\CCCCC)OC(=O)CCCCCCCCCCCCC. The molecule has 0 aliphatic rings. The zero-order chi connectivity index (χ0) is 48.6. The number of rotatable bonds is 47. The molecular weight excluding hydrogens is 829 g/mol. The molecule has 6 nitrogen and oxygen atoms in total. The molecule has 0 saturated carbocycles. The van der Waals surface area contributed by atoms with Crippen LogP contribution in [0.5, 0.6) is 0 Å². The highest BCUT2D eigenvalue weighted by atomic mass is 16.6. The molecule has 0 spiro atoms. The van der Waals surface area contributed by atoms with Crippen LogP contribution in [0, 0.1) is 0 Å². The lowest BCUT2D eigenvalue weighted by molar-refractivity contribution is -0.166. The van der Waals surface area contributed by atoms with E-state index in [1.54, 1.807) is 0 Å². The second-order valence-electron chi connectivity index (χ2n) is 17.4. The number of esters is 3. The molecular formula is C61H98O6. The Hall–Kier alpha value is -4.19. The minimum Gasteiger partial charge on any atom is -0.462 e. The van der Waals surface area contributed by atoms with E-state index in [0.29, 0.717) is 19.3 Å². The van der Waals surface area contributed by atoms with Crippen molar-refractivity contribution in [2.75, 3.05) is 13.2 Å². The lowest BCUT2D eigenvalue weighted by atomic mass is 10.1. The van der Waals surface area contributed by atoms with E-state index in [2.05, 4.69) is 130 Å². The molecule has 378 valence electrons. The molecule has 67 heavy (non-hydrogen) atoms. The molecule has 0 fully saturated rings. The summed E-state index contributed by atoms with van der Waals surface area (Å²) in [4.78, 5) is 38.0. The van der Waals surface area contributed by atoms with E-state index >= 15 is 0 Å². The van der Waals surface area contributed by atoms with Crippen LogP contribution in [0.2, 0.25) is 0 Å². The third kappa shape index (κ3) is 52.6. The topological polar surface area (TPSA) is 78.9 Å². The number of hydrogen-bond acceptors (Lipinski definition) is 6. The van der Waals surface area contributed by atoms with Gasteiger partial charge in [-0.3, -0.25) is 14.4 Å². The van der Waals surface area contributed by atoms with Crippen molar-refractivity contribution >= 4 is 17.9 Å². The number of unbranched alkanes of at least 4 members (excludes halogenated alkanes) is 16. The highest BCUT2D eigenvalue weighted by Crippen LogP contribution is 2.13. The summed E-state index contributed by atoms with van der Waals surface area (Å²) in [7, 11) is 0. The number of ether oxygens (including phenoxy) is 3. The zero-order valence-corrected chi connectivity index (χ0v) is 43.1. The van der Waals surface area contributed by atoms with Gasteiger partial charge in [-0.15, -0.1) is 0 Å². The molecule has 1 atom stereocenters. The maximum absolute atomic E-state index is 12.8. The molecule has 0 radical (unpaired) electrons. The molecule has 0 N–H and O–H groups in total. The first-order chi connectivity index (χ1) is 33.0. The molecule has 6 heteroatoms. The summed E-state index contributed by atoms with van der Waals surface area (Å²) in [5.41, 5.74) is 0. The van der Waals surface area contributed by atoms with Crippen LogP contribution in [0.15, 0.2) is 122 Å². The maximum Gasteiger partial charge on any atom is 0.306 e. The average Bonchev–Trinajstić information content (AvgIpc) is 3.33. The summed E-state index contributed by atoms with van der Waals surface area (Å²) in [6, 6.07) is 0. The zero-order valence-electron chi connectivity index (χ0n) is 43.1. The van der Waals surface area contributed by atoms with Crippen molar-refractivity contribution in [3.05, 3.63) is 122 Å². The van der Waals surface area contributed by atoms with Gasteiger partial charge in [-0.2, -0.15) is 0 Å². The van der Waals surface area contributed by atoms with E-state index in [4.69, 9.17) is 14.2 Å². The Balaban J connectivity index is 4.53. The normalized spacial score (nSPS) is 13.1. The molecule has 0 rings (SSSR count). The molecule has 0 saturated heterocycles. The van der Waals surface area contributed by atoms with Gasteiger partial charge < -0.3 is 14.2 Å². The average molecular weight is 927 g/mol. The minimum atomic E-state index is -0.823. The Labute approximate surface area is 412 Å². The monoisotopic (exact) mass is 927 g/mol. The van der Waals surface area contributed by atoms with Gasteiger partial charge in [0.05, 0.1) is 0 Å². The fourth-order valence-electron chi connectivity index (χ4n) is 6.92. The fourth-order valence-corrected chi connectivity index (χ4v) is 6.92. The van der Waals surface area contributed by atoms with Crippen molar-refractivity contribution in [1.29, 1.82) is 0 Å². The van der Waals surface area contributed by atoms with E-state index in [0.717, 1.165) is 103 Å². The Morgan fingerprint density at radius 2 is 0.612 bits per heavy atom. The Morgan fingerprint density at radius 1 is 0.313 bits per heavy atom. The molecule has 0 aliphatic heterocycles. The van der Waals surface area contributed by atoms with E-state index in [9.17, 15) is 14.4 Å². The van der Waals surface area contributed by atoms with Crippen molar-refractivity contribution in [2.45, 2.75) is 232 Å². The highest BCUT2D eigenvalue weighted by Gasteiger charge is 2.19. The molecule has 0 bridgehead atoms. The Bertz CT molecular complexity index is 1440. The van der Waals surface area contributed by atoms with Gasteiger partial charge in [-0.05, 0) is 103 Å². The first kappa shape index (κ1) is 62.8. The summed E-state index contributed by atoms with van der Waals surface area (Å²) in [6.45, 7) is 6.38. The molecule has 0 aromatic heterocycles. The maximum atomic E-state index is 12.8. The molecule has 0 heterocycles. The summed E-state index contributed by atoms with van der Waals surface area (Å²) in [5.74, 6) is -1.04. The van der Waals surface area contributed by atoms with Crippen LogP contribution in [0.1, 0.15) is 226 Å². The lowest BCUT2D eigenvalue weighted by Gasteiger charge is -2.18. The first-order valence-corrected chi connectivity index (χ1v) is 27.0. The summed E-state index contributed by atoms with van der Waals surface area (Å²) >= 11 is 0. The van der Waals surface area contributed by atoms with Crippen molar-refractivity contribution in [1.82, 2.24) is 0 Å². The van der Waals surface area contributed by atoms with Gasteiger partial charge in [0.2, 0.25) is 0 Å². The van der Waals surface area contributed by atoms with Crippen LogP contribution in [-0.4, -0.2) is 37.2 Å². The molecule has 0 unspecified atom stereocenters. The van der Waals surface area contributed by atoms with Crippen LogP contribution in [0.3, 0.4) is 0 Å². The second kappa shape index (κ2) is 54.4. The van der Waals surface area contributed by atoms with E-state index in [-0.39, 0.29) is 37.5 Å². The first-order valence-electron chi connectivity index (χ1n) is 27.0. The third-order valence-electron chi connectivity index (χ3n) is 11.0. The quantitative estimate of drug-likeness (QED) is 0.0262. The van der Waals surface area contributed by atoms with Gasteiger partial charge >= 0.3 is 17.9 Å². The van der Waals surface area contributed by atoms with E-state index in [1.165, 1.54) is 77.0 Å². The minimum absolute atomic E-state index is 0.120. The van der Waals surface area contributed by atoms with Crippen molar-refractivity contribution < 1.29 is 28.6 Å². The standard InChI is InChI=1S/C61H98O6/c1-4-7-10-13-16-19-22-24-26-28-30-32-34-36-39-41-44-47-50-53-59(62)65-56-58(67-61(64)55-52-49-46-43-38-21-18-15-12-9-6-3)57-66-60(63)54-51-48-45-42-40-37-35-33-31-29-27-25-23-20-17-14-11-8-5-2/h7,10,16-17,19-20,24-27,30-33,36-37,39-40,44,47,58H,4-6,8-9,11-15,18,21-23,28-29,34-35,38,41-43,45-46,48-57H2,1-3H3/b10-7-,19-16-,20-17-,26-24-,27-25-,32-30-,33-31-,39-36-,40-37-,47-44-/t58-/m1/s1. The number of carbonyl (C=O) groups is 3. The summed E-state index contributed by atoms with van der Waals surface area (Å²) in [6.07, 6.45) is 74.8. The van der Waals surface area contributed by atoms with Crippen molar-refractivity contribution in [2.24, 2.45) is 0 Å². The molecule has 0 aromatic rings. The Morgan fingerprint density at radius 3 is 1.03 bits per heavy atom. The van der Waals surface area contributed by atoms with Crippen LogP contribution >= 0.6 is 0 Å². The van der Waals surface area contributed by atoms with E-state index < -0.39 is 6.10 Å². The van der Waals surface area contributed by atoms with Crippen molar-refractivity contribution in [3.8, 4) is 0 Å². The predicted octanol–water partition coefficient (Wildman–Crippen LogP) is 18.1. The predicted molar refractivity (Wildman–Crippen MR) is 288 cm³/mol. The second-order valence-corrected chi connectivity index (χ2v) is 17.4. The number of allylic oxidation sites excluding steroid dienone is 20. The molecule has 0 aromatic carbocycles. The summed E-state index contributed by atoms with van der Waals surface area (Å²) in [5, 5.41) is 0. The third-order valence-corrected chi connectivity index (χ3v) is 11.0. The van der Waals surface area contributed by atoms with Gasteiger partial charge in [0, 0.05) is 19.3 Å². The van der Waals surface area contributed by atoms with Crippen LogP contribution in [0.25, 0.3) is 0 Å². The lowest BCUT2D eigenvalue weighted by Crippen LogP contribution is -2.30. The van der Waals surface area contributed by atoms with Gasteiger partial charge in [-0.1, -0.05) is 226 Å². The number of carbonyl (C=O) groups excluding carboxylic acids is 3. The smallest absolute Gasteiger partial charge is 0.306 e. The molecule has 0 amide bonds. The highest BCUT2D eigenvalue weighted by molar-refractivity contribution is 5.71. The van der Waals surface area contributed by atoms with Gasteiger partial charge in [0.1, 0.15) is 13.2 Å². The van der Waals surface area contributed by atoms with Gasteiger partial charge in [0.25, 0.3) is 0 Å². The number of hydrogen-bond donors (Lipinski definition) is 0. The molecule has 0 aliphatic carbocycles. The Kier molecular flexibility index (Phi) is 51.0. The van der Waals surface area contributed by atoms with Crippen molar-refractivity contribution in [3.63, 3.8) is 0 Å². The van der Waals surface area contributed by atoms with Crippen LogP contribution in [-0.2, 0) is 28.6 Å². The van der Waals surface area contributed by atoms with Gasteiger partial charge in [0.15, 0.2) is 6.10 Å². The van der Waals surface area contributed by atoms with Gasteiger partial charge in [-0.25, -0.2) is 0 Å². The van der Waals surface area contributed by atoms with Crippen LogP contribution < -0.4 is 0 Å². The largest absolute Gasteiger partial charge is 0.462 e. The van der Waals surface area contributed by atoms with Crippen LogP contribution in [0.4, 0.5) is 0 Å². The van der Waals surface area contributed by atoms with E-state index in [1.807, 2.05) is 12.2 Å². The fraction of sp³-hybridized carbons (Fsp3) is 0.623. The summed E-state index contributed by atoms with van der Waals surface area (Å²) < 4.78 is 16.7.